The SMILES string of the molecule is C[C@H]1OCCN[C@@H]1C(=O)Nc1ccn(C)n1. The summed E-state index contributed by atoms with van der Waals surface area (Å²) in [5.74, 6) is 0.456. The second-order valence-electron chi connectivity index (χ2n) is 3.87. The predicted molar refractivity (Wildman–Crippen MR) is 59.0 cm³/mol. The lowest BCUT2D eigenvalue weighted by molar-refractivity contribution is -0.123. The number of ether oxygens (including phenoxy) is 1. The number of morpholine rings is 1. The van der Waals surface area contributed by atoms with Crippen LogP contribution in [0.25, 0.3) is 0 Å². The van der Waals surface area contributed by atoms with E-state index in [0.717, 1.165) is 0 Å². The molecule has 1 aliphatic rings. The molecule has 2 heterocycles. The maximum atomic E-state index is 11.9. The van der Waals surface area contributed by atoms with Gasteiger partial charge in [0.2, 0.25) is 5.91 Å². The van der Waals surface area contributed by atoms with Crippen molar-refractivity contribution < 1.29 is 9.53 Å². The third-order valence-corrected chi connectivity index (χ3v) is 2.56. The average Bonchev–Trinajstić information content (AvgIpc) is 2.64. The van der Waals surface area contributed by atoms with Gasteiger partial charge in [0.05, 0.1) is 12.7 Å². The van der Waals surface area contributed by atoms with Crippen LogP contribution in [0.3, 0.4) is 0 Å². The van der Waals surface area contributed by atoms with Crippen molar-refractivity contribution in [2.45, 2.75) is 19.1 Å². The second kappa shape index (κ2) is 4.63. The Balaban J connectivity index is 1.96. The molecule has 1 amide bonds. The molecule has 2 N–H and O–H groups in total. The molecule has 2 atom stereocenters. The number of anilines is 1. The zero-order valence-electron chi connectivity index (χ0n) is 9.43. The standard InChI is InChI=1S/C10H16N4O2/c1-7-9(11-4-6-16-7)10(15)12-8-3-5-14(2)13-8/h3,5,7,9,11H,4,6H2,1-2H3,(H,12,13,15)/t7-,9+/m1/s1. The van der Waals surface area contributed by atoms with Crippen molar-refractivity contribution in [3.63, 3.8) is 0 Å². The Labute approximate surface area is 94.0 Å². The first-order valence-corrected chi connectivity index (χ1v) is 5.32. The number of nitrogens with zero attached hydrogens (tertiary/aromatic N) is 2. The van der Waals surface area contributed by atoms with Gasteiger partial charge in [-0.2, -0.15) is 5.10 Å². The number of hydrogen-bond donors (Lipinski definition) is 2. The summed E-state index contributed by atoms with van der Waals surface area (Å²) in [5, 5.41) is 9.96. The summed E-state index contributed by atoms with van der Waals surface area (Å²) in [7, 11) is 1.81. The van der Waals surface area contributed by atoms with Gasteiger partial charge in [-0.1, -0.05) is 0 Å². The van der Waals surface area contributed by atoms with Gasteiger partial charge < -0.3 is 15.4 Å². The fraction of sp³-hybridized carbons (Fsp3) is 0.600. The van der Waals surface area contributed by atoms with E-state index in [-0.39, 0.29) is 18.1 Å². The van der Waals surface area contributed by atoms with Crippen LogP contribution in [0.4, 0.5) is 5.82 Å². The molecule has 1 fully saturated rings. The van der Waals surface area contributed by atoms with Gasteiger partial charge >= 0.3 is 0 Å². The first-order valence-electron chi connectivity index (χ1n) is 5.32. The highest BCUT2D eigenvalue weighted by molar-refractivity contribution is 5.94. The van der Waals surface area contributed by atoms with E-state index in [2.05, 4.69) is 15.7 Å². The van der Waals surface area contributed by atoms with E-state index in [0.29, 0.717) is 19.0 Å². The molecule has 1 aliphatic heterocycles. The van der Waals surface area contributed by atoms with Crippen LogP contribution < -0.4 is 10.6 Å². The number of rotatable bonds is 2. The van der Waals surface area contributed by atoms with Crippen molar-refractivity contribution in [2.24, 2.45) is 7.05 Å². The minimum atomic E-state index is -0.309. The van der Waals surface area contributed by atoms with Crippen LogP contribution in [0, 0.1) is 0 Å². The second-order valence-corrected chi connectivity index (χ2v) is 3.87. The summed E-state index contributed by atoms with van der Waals surface area (Å²) < 4.78 is 7.05. The van der Waals surface area contributed by atoms with E-state index in [1.54, 1.807) is 24.0 Å². The van der Waals surface area contributed by atoms with E-state index in [9.17, 15) is 4.79 Å². The Morgan fingerprint density at radius 3 is 3.19 bits per heavy atom. The Morgan fingerprint density at radius 2 is 2.56 bits per heavy atom. The van der Waals surface area contributed by atoms with Gasteiger partial charge in [-0.15, -0.1) is 0 Å². The smallest absolute Gasteiger partial charge is 0.245 e. The van der Waals surface area contributed by atoms with E-state index in [1.165, 1.54) is 0 Å². The first kappa shape index (κ1) is 11.1. The van der Waals surface area contributed by atoms with Crippen molar-refractivity contribution >= 4 is 11.7 Å². The number of nitrogens with one attached hydrogen (secondary N) is 2. The number of aryl methyl sites for hydroxylation is 1. The number of aromatic nitrogens is 2. The van der Waals surface area contributed by atoms with Gasteiger partial charge in [-0.05, 0) is 6.92 Å². The number of hydrogen-bond acceptors (Lipinski definition) is 4. The Kier molecular flexibility index (Phi) is 3.21. The topological polar surface area (TPSA) is 68.2 Å². The molecular weight excluding hydrogens is 208 g/mol. The Bertz CT molecular complexity index is 377. The monoisotopic (exact) mass is 224 g/mol. The summed E-state index contributed by atoms with van der Waals surface area (Å²) >= 11 is 0. The van der Waals surface area contributed by atoms with Crippen molar-refractivity contribution in [3.8, 4) is 0 Å². The minimum absolute atomic E-state index is 0.106. The Morgan fingerprint density at radius 1 is 1.75 bits per heavy atom. The highest BCUT2D eigenvalue weighted by atomic mass is 16.5. The van der Waals surface area contributed by atoms with Gasteiger partial charge in [0, 0.05) is 25.9 Å². The highest BCUT2D eigenvalue weighted by Crippen LogP contribution is 2.07. The van der Waals surface area contributed by atoms with Crippen LogP contribution in [-0.4, -0.2) is 41.0 Å². The average molecular weight is 224 g/mol. The van der Waals surface area contributed by atoms with Gasteiger partial charge in [-0.25, -0.2) is 0 Å². The van der Waals surface area contributed by atoms with Crippen LogP contribution in [0.5, 0.6) is 0 Å². The lowest BCUT2D eigenvalue weighted by Crippen LogP contribution is -2.53. The summed E-state index contributed by atoms with van der Waals surface area (Å²) in [6, 6.07) is 1.45. The summed E-state index contributed by atoms with van der Waals surface area (Å²) in [5.41, 5.74) is 0. The van der Waals surface area contributed by atoms with Crippen LogP contribution in [0.2, 0.25) is 0 Å². The molecule has 6 heteroatoms. The van der Waals surface area contributed by atoms with Crippen molar-refractivity contribution in [3.05, 3.63) is 12.3 Å². The fourth-order valence-electron chi connectivity index (χ4n) is 1.71. The normalized spacial score (nSPS) is 25.4. The van der Waals surface area contributed by atoms with Gasteiger partial charge in [0.1, 0.15) is 6.04 Å². The van der Waals surface area contributed by atoms with E-state index >= 15 is 0 Å². The van der Waals surface area contributed by atoms with Crippen molar-refractivity contribution in [2.75, 3.05) is 18.5 Å². The van der Waals surface area contributed by atoms with Crippen molar-refractivity contribution in [1.29, 1.82) is 0 Å². The molecule has 6 nitrogen and oxygen atoms in total. The molecule has 0 bridgehead atoms. The highest BCUT2D eigenvalue weighted by Gasteiger charge is 2.28. The summed E-state index contributed by atoms with van der Waals surface area (Å²) in [4.78, 5) is 11.9. The Hall–Kier alpha value is -1.40. The molecule has 0 aliphatic carbocycles. The third kappa shape index (κ3) is 2.40. The molecule has 0 aromatic carbocycles. The minimum Gasteiger partial charge on any atom is -0.375 e. The number of amides is 1. The quantitative estimate of drug-likeness (QED) is 0.726. The lowest BCUT2D eigenvalue weighted by atomic mass is 10.1. The van der Waals surface area contributed by atoms with Crippen LogP contribution in [0.15, 0.2) is 12.3 Å². The summed E-state index contributed by atoms with van der Waals surface area (Å²) in [6.07, 6.45) is 1.67. The number of carbonyl (C=O) groups is 1. The largest absolute Gasteiger partial charge is 0.375 e. The molecule has 0 spiro atoms. The molecule has 88 valence electrons. The van der Waals surface area contributed by atoms with Crippen LogP contribution >= 0.6 is 0 Å². The molecule has 0 unspecified atom stereocenters. The maximum Gasteiger partial charge on any atom is 0.245 e. The molecule has 1 aromatic heterocycles. The fourth-order valence-corrected chi connectivity index (χ4v) is 1.71. The van der Waals surface area contributed by atoms with E-state index in [1.807, 2.05) is 6.92 Å². The zero-order valence-corrected chi connectivity index (χ0v) is 9.43. The third-order valence-electron chi connectivity index (χ3n) is 2.56. The van der Waals surface area contributed by atoms with Crippen molar-refractivity contribution in [1.82, 2.24) is 15.1 Å². The van der Waals surface area contributed by atoms with Gasteiger partial charge in [0.25, 0.3) is 0 Å². The molecular formula is C10H16N4O2. The van der Waals surface area contributed by atoms with Crippen LogP contribution in [-0.2, 0) is 16.6 Å². The van der Waals surface area contributed by atoms with E-state index in [4.69, 9.17) is 4.74 Å². The molecule has 1 aromatic rings. The first-order chi connectivity index (χ1) is 7.66. The van der Waals surface area contributed by atoms with Gasteiger partial charge in [0.15, 0.2) is 5.82 Å². The lowest BCUT2D eigenvalue weighted by Gasteiger charge is -2.28. The maximum absolute atomic E-state index is 11.9. The molecule has 2 rings (SSSR count). The van der Waals surface area contributed by atoms with Gasteiger partial charge in [-0.3, -0.25) is 9.48 Å². The molecule has 1 saturated heterocycles. The van der Waals surface area contributed by atoms with Crippen LogP contribution in [0.1, 0.15) is 6.92 Å². The zero-order chi connectivity index (χ0) is 11.5. The number of carbonyl (C=O) groups excluding carboxylic acids is 1. The molecule has 0 radical (unpaired) electrons. The predicted octanol–water partition coefficient (Wildman–Crippen LogP) is -0.265. The molecule has 16 heavy (non-hydrogen) atoms. The molecule has 0 saturated carbocycles. The summed E-state index contributed by atoms with van der Waals surface area (Å²) in [6.45, 7) is 3.23. The van der Waals surface area contributed by atoms with E-state index < -0.39 is 0 Å².